The van der Waals surface area contributed by atoms with Gasteiger partial charge in [0.2, 0.25) is 17.7 Å². The van der Waals surface area contributed by atoms with Gasteiger partial charge in [0.05, 0.1) is 13.1 Å². The molecule has 0 aromatic heterocycles. The van der Waals surface area contributed by atoms with E-state index < -0.39 is 0 Å². The number of carbonyl (C=O) groups is 3. The molecule has 4 N–H and O–H groups in total. The Balaban J connectivity index is 1.73. The van der Waals surface area contributed by atoms with Gasteiger partial charge >= 0.3 is 0 Å². The molecule has 0 unspecified atom stereocenters. The zero-order valence-corrected chi connectivity index (χ0v) is 19.7. The minimum Gasteiger partial charge on any atom is -0.355 e. The lowest BCUT2D eigenvalue weighted by atomic mass is 9.89. The van der Waals surface area contributed by atoms with Gasteiger partial charge in [-0.05, 0) is 56.9 Å². The van der Waals surface area contributed by atoms with E-state index in [0.717, 1.165) is 25.9 Å². The van der Waals surface area contributed by atoms with Crippen LogP contribution in [0, 0.1) is 11.8 Å². The Morgan fingerprint density at radius 2 is 1.19 bits per heavy atom. The number of rotatable bonds is 14. The smallest absolute Gasteiger partial charge is 0.243 e. The average molecular weight is 453 g/mol. The van der Waals surface area contributed by atoms with Gasteiger partial charge in [-0.3, -0.25) is 24.5 Å². The molecule has 8 nitrogen and oxygen atoms in total. The Morgan fingerprint density at radius 3 is 1.66 bits per heavy atom. The van der Waals surface area contributed by atoms with Crippen molar-refractivity contribution in [2.24, 2.45) is 11.8 Å². The van der Waals surface area contributed by atoms with Crippen molar-refractivity contribution in [1.29, 1.82) is 0 Å². The molecule has 0 bridgehead atoms. The molecule has 0 aromatic carbocycles. The van der Waals surface area contributed by atoms with E-state index in [9.17, 15) is 14.4 Å². The summed E-state index contributed by atoms with van der Waals surface area (Å²) in [7, 11) is 0. The molecular formula is C24H44N4O4. The summed E-state index contributed by atoms with van der Waals surface area (Å²) in [6.07, 6.45) is 14.9. The summed E-state index contributed by atoms with van der Waals surface area (Å²) >= 11 is 0. The van der Waals surface area contributed by atoms with Crippen LogP contribution in [0.15, 0.2) is 0 Å². The van der Waals surface area contributed by atoms with Gasteiger partial charge in [0.1, 0.15) is 0 Å². The zero-order chi connectivity index (χ0) is 23.0. The molecule has 0 aliphatic heterocycles. The molecule has 0 heterocycles. The molecule has 2 aliphatic carbocycles. The van der Waals surface area contributed by atoms with Crippen LogP contribution in [0.1, 0.15) is 89.9 Å². The van der Waals surface area contributed by atoms with E-state index >= 15 is 0 Å². The second kappa shape index (κ2) is 16.0. The van der Waals surface area contributed by atoms with E-state index in [1.54, 1.807) is 5.48 Å². The molecule has 2 fully saturated rings. The highest BCUT2D eigenvalue weighted by molar-refractivity contribution is 5.81. The number of amides is 3. The normalized spacial score (nSPS) is 17.8. The Morgan fingerprint density at radius 1 is 0.688 bits per heavy atom. The number of hydroxylamine groups is 1. The highest BCUT2D eigenvalue weighted by Gasteiger charge is 2.19. The van der Waals surface area contributed by atoms with Gasteiger partial charge in [0.25, 0.3) is 0 Å². The second-order valence-electron chi connectivity index (χ2n) is 9.67. The number of hydrogen-bond donors (Lipinski definition) is 4. The van der Waals surface area contributed by atoms with Crippen LogP contribution in [0.25, 0.3) is 0 Å². The quantitative estimate of drug-likeness (QED) is 0.184. The van der Waals surface area contributed by atoms with Crippen molar-refractivity contribution >= 4 is 17.7 Å². The maximum absolute atomic E-state index is 12.5. The van der Waals surface area contributed by atoms with Crippen molar-refractivity contribution in [2.45, 2.75) is 89.9 Å². The average Bonchev–Trinajstić information content (AvgIpc) is 2.82. The first-order chi connectivity index (χ1) is 15.6. The van der Waals surface area contributed by atoms with Crippen molar-refractivity contribution in [3.8, 4) is 0 Å². The molecule has 8 heteroatoms. The Kier molecular flexibility index (Phi) is 13.3. The van der Waals surface area contributed by atoms with Crippen LogP contribution in [0.4, 0.5) is 0 Å². The van der Waals surface area contributed by atoms with E-state index in [0.29, 0.717) is 24.8 Å². The first-order valence-electron chi connectivity index (χ1n) is 12.8. The Labute approximate surface area is 193 Å². The summed E-state index contributed by atoms with van der Waals surface area (Å²) < 4.78 is 0. The SMILES string of the molecule is O=C(CCCCCN(CC(=O)NCC1CCCCC1)CC(=O)NCC1CCCCC1)NO. The van der Waals surface area contributed by atoms with Crippen LogP contribution in [-0.2, 0) is 14.4 Å². The van der Waals surface area contributed by atoms with E-state index in [4.69, 9.17) is 5.21 Å². The van der Waals surface area contributed by atoms with Gasteiger partial charge in [-0.2, -0.15) is 0 Å². The number of nitrogens with zero attached hydrogens (tertiary/aromatic N) is 1. The fourth-order valence-corrected chi connectivity index (χ4v) is 4.88. The number of hydrogen-bond acceptors (Lipinski definition) is 5. The summed E-state index contributed by atoms with van der Waals surface area (Å²) in [5, 5.41) is 14.7. The summed E-state index contributed by atoms with van der Waals surface area (Å²) in [5.41, 5.74) is 1.64. The van der Waals surface area contributed by atoms with Crippen LogP contribution in [0.5, 0.6) is 0 Å². The van der Waals surface area contributed by atoms with Crippen LogP contribution >= 0.6 is 0 Å². The second-order valence-corrected chi connectivity index (χ2v) is 9.67. The van der Waals surface area contributed by atoms with Crippen molar-refractivity contribution in [2.75, 3.05) is 32.7 Å². The highest BCUT2D eigenvalue weighted by atomic mass is 16.5. The van der Waals surface area contributed by atoms with Gasteiger partial charge in [0.15, 0.2) is 0 Å². The van der Waals surface area contributed by atoms with Gasteiger partial charge in [-0.15, -0.1) is 0 Å². The molecule has 184 valence electrons. The molecule has 0 radical (unpaired) electrons. The number of unbranched alkanes of at least 4 members (excludes halogenated alkanes) is 2. The largest absolute Gasteiger partial charge is 0.355 e. The predicted molar refractivity (Wildman–Crippen MR) is 124 cm³/mol. The van der Waals surface area contributed by atoms with Crippen LogP contribution < -0.4 is 16.1 Å². The van der Waals surface area contributed by atoms with Crippen molar-refractivity contribution in [1.82, 2.24) is 21.0 Å². The van der Waals surface area contributed by atoms with Gasteiger partial charge in [0, 0.05) is 19.5 Å². The van der Waals surface area contributed by atoms with Crippen molar-refractivity contribution in [3.05, 3.63) is 0 Å². The highest BCUT2D eigenvalue weighted by Crippen LogP contribution is 2.23. The standard InChI is InChI=1S/C24H44N4O4/c29-22(27-32)14-8-3-9-15-28(18-23(30)25-16-20-10-4-1-5-11-20)19-24(31)26-17-21-12-6-2-7-13-21/h20-21,32H,1-19H2,(H,25,30)(H,26,31)(H,27,29). The minimum atomic E-state index is -0.383. The van der Waals surface area contributed by atoms with E-state index in [2.05, 4.69) is 10.6 Å². The predicted octanol–water partition coefficient (Wildman–Crippen LogP) is 2.75. The molecular weight excluding hydrogens is 408 g/mol. The third-order valence-electron chi connectivity index (χ3n) is 6.86. The number of nitrogens with one attached hydrogen (secondary N) is 3. The van der Waals surface area contributed by atoms with Crippen LogP contribution in [0.3, 0.4) is 0 Å². The first-order valence-corrected chi connectivity index (χ1v) is 12.8. The van der Waals surface area contributed by atoms with E-state index in [1.807, 2.05) is 4.90 Å². The molecule has 2 saturated carbocycles. The fourth-order valence-electron chi connectivity index (χ4n) is 4.88. The summed E-state index contributed by atoms with van der Waals surface area (Å²) in [5.74, 6) is 0.742. The van der Waals surface area contributed by atoms with Gasteiger partial charge < -0.3 is 10.6 Å². The lowest BCUT2D eigenvalue weighted by Crippen LogP contribution is -2.45. The molecule has 0 spiro atoms. The number of carbonyl (C=O) groups excluding carboxylic acids is 3. The maximum Gasteiger partial charge on any atom is 0.243 e. The summed E-state index contributed by atoms with van der Waals surface area (Å²) in [6.45, 7) is 2.55. The molecule has 3 amide bonds. The zero-order valence-electron chi connectivity index (χ0n) is 19.7. The van der Waals surface area contributed by atoms with Crippen LogP contribution in [0.2, 0.25) is 0 Å². The Hall–Kier alpha value is -1.67. The molecule has 0 atom stereocenters. The minimum absolute atomic E-state index is 0.0182. The topological polar surface area (TPSA) is 111 Å². The Bertz CT molecular complexity index is 524. The lowest BCUT2D eigenvalue weighted by Gasteiger charge is -2.25. The molecule has 2 aliphatic rings. The van der Waals surface area contributed by atoms with E-state index in [-0.39, 0.29) is 37.2 Å². The third kappa shape index (κ3) is 11.8. The fraction of sp³-hybridized carbons (Fsp3) is 0.875. The van der Waals surface area contributed by atoms with Gasteiger partial charge in [-0.1, -0.05) is 44.9 Å². The summed E-state index contributed by atoms with van der Waals surface area (Å²) in [4.78, 5) is 38.1. The first kappa shape index (κ1) is 26.6. The van der Waals surface area contributed by atoms with Crippen molar-refractivity contribution < 1.29 is 19.6 Å². The van der Waals surface area contributed by atoms with E-state index in [1.165, 1.54) is 64.2 Å². The maximum atomic E-state index is 12.5. The third-order valence-corrected chi connectivity index (χ3v) is 6.86. The van der Waals surface area contributed by atoms with Crippen LogP contribution in [-0.4, -0.2) is 60.6 Å². The molecule has 32 heavy (non-hydrogen) atoms. The molecule has 0 aromatic rings. The lowest BCUT2D eigenvalue weighted by molar-refractivity contribution is -0.129. The molecule has 2 rings (SSSR count). The molecule has 0 saturated heterocycles. The van der Waals surface area contributed by atoms with Gasteiger partial charge in [-0.25, -0.2) is 5.48 Å². The monoisotopic (exact) mass is 452 g/mol. The van der Waals surface area contributed by atoms with Crippen molar-refractivity contribution in [3.63, 3.8) is 0 Å². The summed E-state index contributed by atoms with van der Waals surface area (Å²) in [6, 6.07) is 0.